The van der Waals surface area contributed by atoms with Crippen LogP contribution in [0.3, 0.4) is 0 Å². The molecule has 0 amide bonds. The molecule has 2 aliphatic carbocycles. The SMILES string of the molecule is CC1(C)c2ccccc2-c2c(-c3ccc4sc5ccccc5c4c3)cc3c4ccccc4n(-c4ccc5ccccc5c4)c3c21.CC1(C)c2ccccc2-c2c(Br)cc3c4ccccc4n(-c4ccc5ccccc5c4)c3c21.OB(O)c1ccc2sc3ccccc3c2c1. The summed E-state index contributed by atoms with van der Waals surface area (Å²) in [6.45, 7) is 9.57. The number of aromatic nitrogens is 2. The lowest BCUT2D eigenvalue weighted by Crippen LogP contribution is -2.29. The van der Waals surface area contributed by atoms with Crippen LogP contribution in [0.15, 0.2) is 284 Å². The van der Waals surface area contributed by atoms with Gasteiger partial charge >= 0.3 is 7.12 Å². The van der Waals surface area contributed by atoms with Crippen LogP contribution in [0.2, 0.25) is 0 Å². The highest BCUT2D eigenvalue weighted by Gasteiger charge is 2.42. The Morgan fingerprint density at radius 1 is 0.340 bits per heavy atom. The molecule has 2 N–H and O–H groups in total. The van der Waals surface area contributed by atoms with E-state index in [2.05, 4.69) is 301 Å². The van der Waals surface area contributed by atoms with Gasteiger partial charge in [-0.3, -0.25) is 0 Å². The van der Waals surface area contributed by atoms with Gasteiger partial charge in [0.15, 0.2) is 0 Å². The Morgan fingerprint density at radius 2 is 0.766 bits per heavy atom. The molecule has 0 atom stereocenters. The first kappa shape index (κ1) is 56.8. The summed E-state index contributed by atoms with van der Waals surface area (Å²) in [6, 6.07) is 101. The Hall–Kier alpha value is -9.90. The maximum absolute atomic E-state index is 9.15. The predicted octanol–water partition coefficient (Wildman–Crippen LogP) is 23.0. The summed E-state index contributed by atoms with van der Waals surface area (Å²) in [6.07, 6.45) is 0. The van der Waals surface area contributed by atoms with E-state index in [1.807, 2.05) is 35.6 Å². The van der Waals surface area contributed by atoms with E-state index in [4.69, 9.17) is 10.0 Å². The Bertz CT molecular complexity index is 6200. The number of para-hydroxylation sites is 2. The molecule has 14 aromatic carbocycles. The second-order valence-corrected chi connectivity index (χ2v) is 29.2. The van der Waals surface area contributed by atoms with Crippen molar-refractivity contribution in [2.24, 2.45) is 0 Å². The third-order valence-corrected chi connectivity index (χ3v) is 23.2. The number of fused-ring (bicyclic) bond motifs is 22. The summed E-state index contributed by atoms with van der Waals surface area (Å²) in [7, 11) is -1.40. The van der Waals surface area contributed by atoms with Gasteiger partial charge in [0.25, 0.3) is 0 Å². The lowest BCUT2D eigenvalue weighted by Gasteiger charge is -2.24. The first-order chi connectivity index (χ1) is 45.9. The van der Waals surface area contributed by atoms with Crippen molar-refractivity contribution >= 4 is 157 Å². The third kappa shape index (κ3) is 8.63. The first-order valence-electron chi connectivity index (χ1n) is 32.1. The maximum atomic E-state index is 9.15. The normalized spacial score (nSPS) is 13.4. The molecular formula is C86H60BBrN2O2S2. The highest BCUT2D eigenvalue weighted by atomic mass is 79.9. The molecule has 0 fully saturated rings. The van der Waals surface area contributed by atoms with Crippen LogP contribution in [0.25, 0.3) is 150 Å². The second-order valence-electron chi connectivity index (χ2n) is 26.2. The van der Waals surface area contributed by atoms with E-state index in [-0.39, 0.29) is 10.8 Å². The van der Waals surface area contributed by atoms with Gasteiger partial charge in [-0.1, -0.05) is 244 Å². The number of rotatable bonds is 4. The lowest BCUT2D eigenvalue weighted by molar-refractivity contribution is 0.426. The Kier molecular flexibility index (Phi) is 13.0. The maximum Gasteiger partial charge on any atom is 0.488 e. The van der Waals surface area contributed by atoms with Gasteiger partial charge in [0.05, 0.1) is 22.1 Å². The molecular weight excluding hydrogens is 1250 g/mol. The van der Waals surface area contributed by atoms with Crippen LogP contribution in [0, 0.1) is 0 Å². The van der Waals surface area contributed by atoms with Crippen molar-refractivity contribution in [2.45, 2.75) is 38.5 Å². The van der Waals surface area contributed by atoms with Crippen LogP contribution in [-0.2, 0) is 10.8 Å². The Labute approximate surface area is 560 Å². The van der Waals surface area contributed by atoms with Crippen LogP contribution in [0.4, 0.5) is 0 Å². The number of nitrogens with zero attached hydrogens (tertiary/aromatic N) is 2. The van der Waals surface area contributed by atoms with Crippen molar-refractivity contribution in [3.8, 4) is 44.8 Å². The van der Waals surface area contributed by atoms with Crippen LogP contribution in [-0.4, -0.2) is 26.3 Å². The standard InChI is InChI=1S/C43H29NS.C31H22BrN.C12H9BO2S/c1-43(2)36-16-8-5-15-32(36)40-33(28-20-22-39-34(24-28)31-14-7-10-18-38(31)45-39)25-35-30-13-6-9-17-37(30)44(42(35)41(40)43)29-21-19-26-11-3-4-12-27(26)23-29;1-31(2)25-13-7-5-12-23(25)28-26(32)18-24-22-11-6-8-14-27(22)33(30(24)29(28)31)21-16-15-19-9-3-4-10-20(19)17-21;14-13(15)8-5-6-12-10(7-8)9-3-1-2-4-11(9)16-12/h3-25H,1-2H3;3-18H,1-2H3;1-7,14-15H. The lowest BCUT2D eigenvalue weighted by atomic mass is 9.80. The van der Waals surface area contributed by atoms with Crippen LogP contribution < -0.4 is 5.46 Å². The highest BCUT2D eigenvalue weighted by Crippen LogP contribution is 2.58. The molecule has 94 heavy (non-hydrogen) atoms. The second kappa shape index (κ2) is 21.6. The van der Waals surface area contributed by atoms with Crippen molar-refractivity contribution < 1.29 is 10.0 Å². The highest BCUT2D eigenvalue weighted by molar-refractivity contribution is 9.10. The van der Waals surface area contributed by atoms with Crippen LogP contribution >= 0.6 is 38.6 Å². The zero-order valence-corrected chi connectivity index (χ0v) is 55.3. The number of thiophene rings is 2. The molecule has 2 aliphatic rings. The molecule has 0 spiro atoms. The zero-order chi connectivity index (χ0) is 63.3. The number of hydrogen-bond acceptors (Lipinski definition) is 4. The smallest absolute Gasteiger partial charge is 0.423 e. The summed E-state index contributed by atoms with van der Waals surface area (Å²) in [5.41, 5.74) is 21.3. The van der Waals surface area contributed by atoms with E-state index in [0.717, 1.165) is 5.39 Å². The van der Waals surface area contributed by atoms with Crippen LogP contribution in [0.1, 0.15) is 49.9 Å². The fourth-order valence-electron chi connectivity index (χ4n) is 15.9. The summed E-state index contributed by atoms with van der Waals surface area (Å²) in [5.74, 6) is 0. The van der Waals surface area contributed by atoms with Crippen molar-refractivity contribution in [2.75, 3.05) is 0 Å². The number of halogens is 1. The molecule has 8 heteroatoms. The molecule has 4 aromatic heterocycles. The van der Waals surface area contributed by atoms with E-state index in [9.17, 15) is 0 Å². The van der Waals surface area contributed by atoms with Crippen LogP contribution in [0.5, 0.6) is 0 Å². The summed E-state index contributed by atoms with van der Waals surface area (Å²) < 4.78 is 11.3. The minimum atomic E-state index is -1.40. The van der Waals surface area contributed by atoms with Gasteiger partial charge in [0.1, 0.15) is 0 Å². The number of benzene rings is 14. The summed E-state index contributed by atoms with van der Waals surface area (Å²) >= 11 is 7.57. The van der Waals surface area contributed by atoms with E-state index in [1.165, 1.54) is 172 Å². The molecule has 20 rings (SSSR count). The average molecular weight is 1310 g/mol. The van der Waals surface area contributed by atoms with Crippen molar-refractivity contribution in [1.82, 2.24) is 9.13 Å². The summed E-state index contributed by atoms with van der Waals surface area (Å²) in [4.78, 5) is 0. The topological polar surface area (TPSA) is 50.3 Å². The fourth-order valence-corrected chi connectivity index (χ4v) is 18.7. The van der Waals surface area contributed by atoms with E-state index in [1.54, 1.807) is 17.4 Å². The summed E-state index contributed by atoms with van der Waals surface area (Å²) in [5, 5.41) is 33.5. The molecule has 0 aliphatic heterocycles. The number of hydrogen-bond donors (Lipinski definition) is 2. The van der Waals surface area contributed by atoms with E-state index in [0.29, 0.717) is 5.46 Å². The van der Waals surface area contributed by atoms with Gasteiger partial charge in [0, 0.05) is 88.7 Å². The van der Waals surface area contributed by atoms with Gasteiger partial charge in [-0.2, -0.15) is 0 Å². The molecule has 0 unspecified atom stereocenters. The van der Waals surface area contributed by atoms with Crippen molar-refractivity contribution in [3.63, 3.8) is 0 Å². The largest absolute Gasteiger partial charge is 0.488 e. The van der Waals surface area contributed by atoms with Crippen molar-refractivity contribution in [1.29, 1.82) is 0 Å². The Balaban J connectivity index is 0.000000115. The van der Waals surface area contributed by atoms with Crippen molar-refractivity contribution in [3.05, 3.63) is 306 Å². The molecule has 448 valence electrons. The molecule has 4 heterocycles. The minimum absolute atomic E-state index is 0.100. The monoisotopic (exact) mass is 1310 g/mol. The molecule has 0 saturated heterocycles. The molecule has 18 aromatic rings. The van der Waals surface area contributed by atoms with E-state index < -0.39 is 7.12 Å². The quantitative estimate of drug-likeness (QED) is 0.173. The molecule has 0 saturated carbocycles. The van der Waals surface area contributed by atoms with Gasteiger partial charge in [0.2, 0.25) is 0 Å². The van der Waals surface area contributed by atoms with Gasteiger partial charge in [-0.25, -0.2) is 0 Å². The average Bonchev–Trinajstić information content (AvgIpc) is 1.53. The molecule has 4 nitrogen and oxygen atoms in total. The first-order valence-corrected chi connectivity index (χ1v) is 34.6. The predicted molar refractivity (Wildman–Crippen MR) is 407 cm³/mol. The molecule has 0 bridgehead atoms. The van der Waals surface area contributed by atoms with E-state index >= 15 is 0 Å². The molecule has 0 radical (unpaired) electrons. The zero-order valence-electron chi connectivity index (χ0n) is 52.1. The van der Waals surface area contributed by atoms with Gasteiger partial charge in [-0.15, -0.1) is 22.7 Å². The minimum Gasteiger partial charge on any atom is -0.423 e. The van der Waals surface area contributed by atoms with Gasteiger partial charge < -0.3 is 19.2 Å². The third-order valence-electron chi connectivity index (χ3n) is 20.2. The fraction of sp³-hybridized carbons (Fsp3) is 0.0698. The Morgan fingerprint density at radius 3 is 1.32 bits per heavy atom. The van der Waals surface area contributed by atoms with Gasteiger partial charge in [-0.05, 0) is 161 Å².